The molecule has 1 aromatic heterocycles. The van der Waals surface area contributed by atoms with Crippen molar-refractivity contribution in [1.29, 1.82) is 0 Å². The number of pyridine rings is 1. The van der Waals surface area contributed by atoms with Gasteiger partial charge in [-0.3, -0.25) is 9.88 Å². The van der Waals surface area contributed by atoms with Crippen molar-refractivity contribution in [2.45, 2.75) is 38.8 Å². The summed E-state index contributed by atoms with van der Waals surface area (Å²) in [5.41, 5.74) is 7.15. The first-order valence-corrected chi connectivity index (χ1v) is 6.06. The topological polar surface area (TPSA) is 42.1 Å². The van der Waals surface area contributed by atoms with Gasteiger partial charge in [0.05, 0.1) is 0 Å². The number of nitrogens with two attached hydrogens (primary N) is 1. The Balaban J connectivity index is 2.82. The summed E-state index contributed by atoms with van der Waals surface area (Å²) in [6, 6.07) is 5.00. The quantitative estimate of drug-likeness (QED) is 0.800. The van der Waals surface area contributed by atoms with Crippen molar-refractivity contribution in [3.8, 4) is 0 Å². The van der Waals surface area contributed by atoms with Gasteiger partial charge in [-0.2, -0.15) is 0 Å². The van der Waals surface area contributed by atoms with E-state index in [-0.39, 0.29) is 0 Å². The van der Waals surface area contributed by atoms with E-state index in [1.165, 1.54) is 5.56 Å². The molecule has 0 bridgehead atoms. The molecule has 2 N–H and O–H groups in total. The van der Waals surface area contributed by atoms with Gasteiger partial charge in [0, 0.05) is 31.0 Å². The van der Waals surface area contributed by atoms with Crippen molar-refractivity contribution in [3.63, 3.8) is 0 Å². The molecule has 3 nitrogen and oxygen atoms in total. The summed E-state index contributed by atoms with van der Waals surface area (Å²) in [7, 11) is 2.16. The lowest BCUT2D eigenvalue weighted by molar-refractivity contribution is 0.167. The van der Waals surface area contributed by atoms with Crippen LogP contribution in [0, 0.1) is 0 Å². The van der Waals surface area contributed by atoms with E-state index in [9.17, 15) is 0 Å². The largest absolute Gasteiger partial charge is 0.329 e. The summed E-state index contributed by atoms with van der Waals surface area (Å²) in [6.45, 7) is 5.10. The first kappa shape index (κ1) is 13.1. The Bertz CT molecular complexity index is 282. The van der Waals surface area contributed by atoms with Crippen LogP contribution in [-0.4, -0.2) is 29.5 Å². The minimum absolute atomic E-state index is 0.299. The first-order valence-electron chi connectivity index (χ1n) is 6.06. The molecule has 0 spiro atoms. The van der Waals surface area contributed by atoms with Gasteiger partial charge in [0.2, 0.25) is 0 Å². The number of aromatic nitrogens is 1. The van der Waals surface area contributed by atoms with Gasteiger partial charge in [0.15, 0.2) is 0 Å². The predicted octanol–water partition coefficient (Wildman–Crippen LogP) is 2.20. The van der Waals surface area contributed by atoms with Gasteiger partial charge < -0.3 is 5.73 Å². The molecule has 0 saturated heterocycles. The second-order valence-electron chi connectivity index (χ2n) is 4.17. The Hall–Kier alpha value is -0.930. The molecule has 0 radical (unpaired) electrons. The van der Waals surface area contributed by atoms with Crippen LogP contribution in [0.5, 0.6) is 0 Å². The third-order valence-electron chi connectivity index (χ3n) is 3.32. The number of rotatable bonds is 6. The van der Waals surface area contributed by atoms with Crippen molar-refractivity contribution in [2.75, 3.05) is 13.6 Å². The predicted molar refractivity (Wildman–Crippen MR) is 68.2 cm³/mol. The molecule has 90 valence electrons. The zero-order valence-corrected chi connectivity index (χ0v) is 10.6. The van der Waals surface area contributed by atoms with Crippen LogP contribution in [0.15, 0.2) is 24.5 Å². The molecule has 1 unspecified atom stereocenters. The van der Waals surface area contributed by atoms with Crippen molar-refractivity contribution in [3.05, 3.63) is 30.1 Å². The summed E-state index contributed by atoms with van der Waals surface area (Å²) in [6.07, 6.45) is 5.99. The molecule has 0 aliphatic heterocycles. The van der Waals surface area contributed by atoms with Gasteiger partial charge in [-0.1, -0.05) is 13.8 Å². The molecule has 0 aliphatic carbocycles. The van der Waals surface area contributed by atoms with E-state index in [0.717, 1.165) is 12.8 Å². The van der Waals surface area contributed by atoms with E-state index < -0.39 is 0 Å². The van der Waals surface area contributed by atoms with Gasteiger partial charge in [0.25, 0.3) is 0 Å². The van der Waals surface area contributed by atoms with Crippen LogP contribution in [0.4, 0.5) is 0 Å². The fourth-order valence-electron chi connectivity index (χ4n) is 2.24. The number of likely N-dealkylation sites (N-methyl/N-ethyl adjacent to an activating group) is 1. The molecule has 0 saturated carbocycles. The van der Waals surface area contributed by atoms with E-state index in [1.807, 2.05) is 12.4 Å². The highest BCUT2D eigenvalue weighted by atomic mass is 15.2. The number of hydrogen-bond acceptors (Lipinski definition) is 3. The Morgan fingerprint density at radius 1 is 1.25 bits per heavy atom. The van der Waals surface area contributed by atoms with E-state index in [0.29, 0.717) is 18.6 Å². The fourth-order valence-corrected chi connectivity index (χ4v) is 2.24. The maximum atomic E-state index is 5.89. The maximum Gasteiger partial charge on any atom is 0.0471 e. The van der Waals surface area contributed by atoms with Gasteiger partial charge in [-0.05, 0) is 37.6 Å². The van der Waals surface area contributed by atoms with E-state index in [4.69, 9.17) is 5.73 Å². The standard InChI is InChI=1S/C13H23N3/c1-4-12(5-2)16(3)13(10-14)11-6-8-15-9-7-11/h6-9,12-13H,4-5,10,14H2,1-3H3. The average molecular weight is 221 g/mol. The molecule has 3 heteroatoms. The van der Waals surface area contributed by atoms with Crippen LogP contribution in [0.2, 0.25) is 0 Å². The van der Waals surface area contributed by atoms with Gasteiger partial charge >= 0.3 is 0 Å². The summed E-state index contributed by atoms with van der Waals surface area (Å²) >= 11 is 0. The Morgan fingerprint density at radius 3 is 2.25 bits per heavy atom. The smallest absolute Gasteiger partial charge is 0.0471 e. The second kappa shape index (κ2) is 6.61. The molecule has 1 atom stereocenters. The van der Waals surface area contributed by atoms with Crippen LogP contribution >= 0.6 is 0 Å². The fraction of sp³-hybridized carbons (Fsp3) is 0.615. The summed E-state index contributed by atoms with van der Waals surface area (Å²) in [5.74, 6) is 0. The molecule has 1 rings (SSSR count). The minimum atomic E-state index is 0.299. The highest BCUT2D eigenvalue weighted by Crippen LogP contribution is 2.22. The number of hydrogen-bond donors (Lipinski definition) is 1. The van der Waals surface area contributed by atoms with Crippen LogP contribution in [-0.2, 0) is 0 Å². The van der Waals surface area contributed by atoms with Crippen LogP contribution < -0.4 is 5.73 Å². The average Bonchev–Trinajstić information content (AvgIpc) is 2.33. The van der Waals surface area contributed by atoms with E-state index in [1.54, 1.807) is 0 Å². The summed E-state index contributed by atoms with van der Waals surface area (Å²) < 4.78 is 0. The van der Waals surface area contributed by atoms with Crippen molar-refractivity contribution in [2.24, 2.45) is 5.73 Å². The minimum Gasteiger partial charge on any atom is -0.329 e. The molecule has 1 heterocycles. The molecular weight excluding hydrogens is 198 g/mol. The molecule has 0 amide bonds. The van der Waals surface area contributed by atoms with Crippen molar-refractivity contribution < 1.29 is 0 Å². The lowest BCUT2D eigenvalue weighted by Crippen LogP contribution is -2.38. The van der Waals surface area contributed by atoms with E-state index in [2.05, 4.69) is 42.9 Å². The SMILES string of the molecule is CCC(CC)N(C)C(CN)c1ccncc1. The van der Waals surface area contributed by atoms with Gasteiger partial charge in [0.1, 0.15) is 0 Å². The highest BCUT2D eigenvalue weighted by molar-refractivity contribution is 5.15. The van der Waals surface area contributed by atoms with Crippen LogP contribution in [0.3, 0.4) is 0 Å². The van der Waals surface area contributed by atoms with Gasteiger partial charge in [-0.25, -0.2) is 0 Å². The molecule has 0 fully saturated rings. The first-order chi connectivity index (χ1) is 7.74. The zero-order valence-electron chi connectivity index (χ0n) is 10.6. The highest BCUT2D eigenvalue weighted by Gasteiger charge is 2.20. The Kier molecular flexibility index (Phi) is 5.43. The van der Waals surface area contributed by atoms with Gasteiger partial charge in [-0.15, -0.1) is 0 Å². The third kappa shape index (κ3) is 3.03. The Labute approximate surface area is 98.7 Å². The summed E-state index contributed by atoms with van der Waals surface area (Å²) in [5, 5.41) is 0. The molecular formula is C13H23N3. The zero-order chi connectivity index (χ0) is 12.0. The second-order valence-corrected chi connectivity index (χ2v) is 4.17. The summed E-state index contributed by atoms with van der Waals surface area (Å²) in [4.78, 5) is 6.43. The lowest BCUT2D eigenvalue weighted by atomic mass is 10.0. The van der Waals surface area contributed by atoms with Crippen molar-refractivity contribution in [1.82, 2.24) is 9.88 Å². The molecule has 16 heavy (non-hydrogen) atoms. The van der Waals surface area contributed by atoms with Crippen LogP contribution in [0.1, 0.15) is 38.3 Å². The van der Waals surface area contributed by atoms with Crippen LogP contribution in [0.25, 0.3) is 0 Å². The number of nitrogens with zero attached hydrogens (tertiary/aromatic N) is 2. The Morgan fingerprint density at radius 2 is 1.81 bits per heavy atom. The molecule has 0 aliphatic rings. The maximum absolute atomic E-state index is 5.89. The normalized spacial score (nSPS) is 13.4. The van der Waals surface area contributed by atoms with Crippen molar-refractivity contribution >= 4 is 0 Å². The third-order valence-corrected chi connectivity index (χ3v) is 3.32. The monoisotopic (exact) mass is 221 g/mol. The van der Waals surface area contributed by atoms with E-state index >= 15 is 0 Å². The molecule has 0 aromatic carbocycles. The lowest BCUT2D eigenvalue weighted by Gasteiger charge is -2.33. The molecule has 1 aromatic rings.